The fourth-order valence-corrected chi connectivity index (χ4v) is 5.93. The lowest BCUT2D eigenvalue weighted by atomic mass is 10.1. The SMILES string of the molecule is CN(Cc1ccccc1N1CCCC1)C(=O)CCS(=O)(=O)C1CCCC1. The second-order valence-electron chi connectivity index (χ2n) is 7.60. The summed E-state index contributed by atoms with van der Waals surface area (Å²) in [7, 11) is -1.37. The lowest BCUT2D eigenvalue weighted by Gasteiger charge is -2.24. The third-order valence-corrected chi connectivity index (χ3v) is 7.94. The summed E-state index contributed by atoms with van der Waals surface area (Å²) in [6.07, 6.45) is 6.01. The first-order valence-corrected chi connectivity index (χ1v) is 11.5. The predicted octanol–water partition coefficient (Wildman–Crippen LogP) is 2.99. The Balaban J connectivity index is 1.58. The lowest BCUT2D eigenvalue weighted by molar-refractivity contribution is -0.130. The summed E-state index contributed by atoms with van der Waals surface area (Å²) in [5.74, 6) is -0.114. The molecule has 6 heteroatoms. The van der Waals surface area contributed by atoms with Gasteiger partial charge in [-0.1, -0.05) is 31.0 Å². The van der Waals surface area contributed by atoms with E-state index in [1.54, 1.807) is 11.9 Å². The van der Waals surface area contributed by atoms with E-state index < -0.39 is 9.84 Å². The van der Waals surface area contributed by atoms with Crippen LogP contribution in [0.15, 0.2) is 24.3 Å². The molecular weight excluding hydrogens is 348 g/mol. The van der Waals surface area contributed by atoms with Crippen molar-refractivity contribution in [3.8, 4) is 0 Å². The van der Waals surface area contributed by atoms with E-state index in [9.17, 15) is 13.2 Å². The van der Waals surface area contributed by atoms with Crippen LogP contribution in [0.2, 0.25) is 0 Å². The van der Waals surface area contributed by atoms with Crippen LogP contribution >= 0.6 is 0 Å². The number of nitrogens with zero attached hydrogens (tertiary/aromatic N) is 2. The second-order valence-corrected chi connectivity index (χ2v) is 10.00. The molecule has 5 nitrogen and oxygen atoms in total. The Morgan fingerprint density at radius 1 is 1.12 bits per heavy atom. The number of hydrogen-bond donors (Lipinski definition) is 0. The maximum Gasteiger partial charge on any atom is 0.223 e. The van der Waals surface area contributed by atoms with Crippen LogP contribution in [0.25, 0.3) is 0 Å². The van der Waals surface area contributed by atoms with E-state index in [0.29, 0.717) is 6.54 Å². The van der Waals surface area contributed by atoms with Crippen LogP contribution < -0.4 is 4.90 Å². The molecule has 0 unspecified atom stereocenters. The van der Waals surface area contributed by atoms with Crippen molar-refractivity contribution in [2.75, 3.05) is 30.8 Å². The van der Waals surface area contributed by atoms with E-state index in [2.05, 4.69) is 17.0 Å². The molecule has 0 aromatic heterocycles. The van der Waals surface area contributed by atoms with Gasteiger partial charge in [0.2, 0.25) is 5.91 Å². The van der Waals surface area contributed by atoms with Gasteiger partial charge in [0.15, 0.2) is 9.84 Å². The maximum atomic E-state index is 12.5. The summed E-state index contributed by atoms with van der Waals surface area (Å²) in [5, 5.41) is -0.225. The minimum Gasteiger partial charge on any atom is -0.371 e. The van der Waals surface area contributed by atoms with Crippen LogP contribution in [-0.4, -0.2) is 50.4 Å². The molecule has 1 saturated heterocycles. The van der Waals surface area contributed by atoms with E-state index in [1.165, 1.54) is 18.5 Å². The van der Waals surface area contributed by atoms with Gasteiger partial charge in [-0.3, -0.25) is 4.79 Å². The molecule has 1 saturated carbocycles. The van der Waals surface area contributed by atoms with Crippen LogP contribution in [0.1, 0.15) is 50.5 Å². The monoisotopic (exact) mass is 378 g/mol. The van der Waals surface area contributed by atoms with E-state index in [1.807, 2.05) is 12.1 Å². The zero-order valence-electron chi connectivity index (χ0n) is 15.7. The zero-order chi connectivity index (χ0) is 18.6. The smallest absolute Gasteiger partial charge is 0.223 e. The highest BCUT2D eigenvalue weighted by Gasteiger charge is 2.29. The Hall–Kier alpha value is -1.56. The summed E-state index contributed by atoms with van der Waals surface area (Å²) >= 11 is 0. The van der Waals surface area contributed by atoms with Crippen molar-refractivity contribution in [3.05, 3.63) is 29.8 Å². The number of sulfone groups is 1. The summed E-state index contributed by atoms with van der Waals surface area (Å²) in [6, 6.07) is 8.21. The molecule has 1 amide bonds. The van der Waals surface area contributed by atoms with Crippen LogP contribution in [-0.2, 0) is 21.2 Å². The molecule has 3 rings (SSSR count). The highest BCUT2D eigenvalue weighted by Crippen LogP contribution is 2.27. The highest BCUT2D eigenvalue weighted by molar-refractivity contribution is 7.92. The van der Waals surface area contributed by atoms with Gasteiger partial charge in [0.05, 0.1) is 11.0 Å². The van der Waals surface area contributed by atoms with Crippen LogP contribution in [0.3, 0.4) is 0 Å². The minimum atomic E-state index is -3.14. The quantitative estimate of drug-likeness (QED) is 0.732. The summed E-state index contributed by atoms with van der Waals surface area (Å²) in [4.78, 5) is 16.5. The average Bonchev–Trinajstić information content (AvgIpc) is 3.33. The van der Waals surface area contributed by atoms with Gasteiger partial charge >= 0.3 is 0 Å². The van der Waals surface area contributed by atoms with E-state index in [-0.39, 0.29) is 23.3 Å². The van der Waals surface area contributed by atoms with Crippen molar-refractivity contribution >= 4 is 21.4 Å². The summed E-state index contributed by atoms with van der Waals surface area (Å²) in [5.41, 5.74) is 2.33. The normalized spacial score (nSPS) is 18.4. The van der Waals surface area contributed by atoms with Gasteiger partial charge < -0.3 is 9.80 Å². The average molecular weight is 379 g/mol. The third kappa shape index (κ3) is 4.58. The summed E-state index contributed by atoms with van der Waals surface area (Å²) < 4.78 is 24.7. The molecule has 2 aliphatic rings. The van der Waals surface area contributed by atoms with Gasteiger partial charge in [0.1, 0.15) is 0 Å². The zero-order valence-corrected chi connectivity index (χ0v) is 16.5. The van der Waals surface area contributed by atoms with Crippen LogP contribution in [0.4, 0.5) is 5.69 Å². The Morgan fingerprint density at radius 2 is 1.77 bits per heavy atom. The number of para-hydroxylation sites is 1. The molecule has 1 aromatic carbocycles. The van der Waals surface area contributed by atoms with Crippen molar-refractivity contribution < 1.29 is 13.2 Å². The second kappa shape index (κ2) is 8.42. The Bertz CT molecular complexity index is 720. The lowest BCUT2D eigenvalue weighted by Crippen LogP contribution is -2.31. The number of benzene rings is 1. The first kappa shape index (κ1) is 19.2. The van der Waals surface area contributed by atoms with Crippen molar-refractivity contribution in [1.82, 2.24) is 4.90 Å². The minimum absolute atomic E-state index is 0.0192. The van der Waals surface area contributed by atoms with Gasteiger partial charge in [-0.15, -0.1) is 0 Å². The highest BCUT2D eigenvalue weighted by atomic mass is 32.2. The number of rotatable bonds is 7. The van der Waals surface area contributed by atoms with Gasteiger partial charge in [-0.05, 0) is 37.3 Å². The molecule has 0 bridgehead atoms. The standard InChI is InChI=1S/C20H30N2O3S/c1-21(20(23)12-15-26(24,25)18-9-3-4-10-18)16-17-8-2-5-11-19(17)22-13-6-7-14-22/h2,5,8,11,18H,3-4,6-7,9-10,12-16H2,1H3. The molecule has 1 aliphatic heterocycles. The molecule has 1 heterocycles. The maximum absolute atomic E-state index is 12.5. The Morgan fingerprint density at radius 3 is 2.46 bits per heavy atom. The fraction of sp³-hybridized carbons (Fsp3) is 0.650. The number of anilines is 1. The number of hydrogen-bond acceptors (Lipinski definition) is 4. The van der Waals surface area contributed by atoms with Crippen molar-refractivity contribution in [1.29, 1.82) is 0 Å². The number of carbonyl (C=O) groups excluding carboxylic acids is 1. The van der Waals surface area contributed by atoms with Crippen LogP contribution in [0, 0.1) is 0 Å². The van der Waals surface area contributed by atoms with Crippen molar-refractivity contribution in [2.45, 2.75) is 56.7 Å². The van der Waals surface area contributed by atoms with Crippen molar-refractivity contribution in [2.24, 2.45) is 0 Å². The molecule has 0 atom stereocenters. The summed E-state index contributed by atoms with van der Waals surface area (Å²) in [6.45, 7) is 2.65. The molecule has 2 fully saturated rings. The van der Waals surface area contributed by atoms with Gasteiger partial charge in [0, 0.05) is 38.8 Å². The van der Waals surface area contributed by atoms with Crippen LogP contribution in [0.5, 0.6) is 0 Å². The Kier molecular flexibility index (Phi) is 6.22. The molecule has 0 spiro atoms. The van der Waals surface area contributed by atoms with Gasteiger partial charge in [-0.25, -0.2) is 8.42 Å². The van der Waals surface area contributed by atoms with E-state index >= 15 is 0 Å². The first-order valence-electron chi connectivity index (χ1n) is 9.76. The number of amides is 1. The molecule has 1 aliphatic carbocycles. The topological polar surface area (TPSA) is 57.7 Å². The van der Waals surface area contributed by atoms with Gasteiger partial charge in [0.25, 0.3) is 0 Å². The molecule has 0 N–H and O–H groups in total. The molecule has 0 radical (unpaired) electrons. The fourth-order valence-electron chi connectivity index (χ4n) is 4.09. The first-order chi connectivity index (χ1) is 12.5. The van der Waals surface area contributed by atoms with E-state index in [0.717, 1.165) is 44.3 Å². The molecule has 144 valence electrons. The number of carbonyl (C=O) groups is 1. The largest absolute Gasteiger partial charge is 0.371 e. The predicted molar refractivity (Wildman–Crippen MR) is 105 cm³/mol. The molecule has 26 heavy (non-hydrogen) atoms. The van der Waals surface area contributed by atoms with Gasteiger partial charge in [-0.2, -0.15) is 0 Å². The third-order valence-electron chi connectivity index (χ3n) is 5.68. The molecule has 1 aromatic rings. The van der Waals surface area contributed by atoms with E-state index in [4.69, 9.17) is 0 Å². The van der Waals surface area contributed by atoms with Crippen molar-refractivity contribution in [3.63, 3.8) is 0 Å². The Labute approximate surface area is 157 Å². The molecular formula is C20H30N2O3S.